The van der Waals surface area contributed by atoms with E-state index in [1.807, 2.05) is 35.0 Å². The highest BCUT2D eigenvalue weighted by molar-refractivity contribution is 5.40. The van der Waals surface area contributed by atoms with Crippen molar-refractivity contribution in [2.75, 3.05) is 5.73 Å². The lowest BCUT2D eigenvalue weighted by molar-refractivity contribution is -0.0364. The highest BCUT2D eigenvalue weighted by atomic mass is 16.5. The number of aromatic nitrogens is 1. The van der Waals surface area contributed by atoms with E-state index < -0.39 is 0 Å². The zero-order valence-electron chi connectivity index (χ0n) is 13.2. The van der Waals surface area contributed by atoms with Gasteiger partial charge in [0, 0.05) is 12.2 Å². The fourth-order valence-electron chi connectivity index (χ4n) is 3.25. The zero-order valence-corrected chi connectivity index (χ0v) is 13.2. The Labute approximate surface area is 135 Å². The summed E-state index contributed by atoms with van der Waals surface area (Å²) in [5, 5.41) is 0. The number of hydrogen-bond acceptors (Lipinski definition) is 3. The van der Waals surface area contributed by atoms with Gasteiger partial charge in [-0.05, 0) is 48.8 Å². The van der Waals surface area contributed by atoms with Gasteiger partial charge in [-0.25, -0.2) is 0 Å². The minimum absolute atomic E-state index is 0.0547. The number of nitrogen functional groups attached to an aromatic ring is 1. The third-order valence-corrected chi connectivity index (χ3v) is 4.93. The highest BCUT2D eigenvalue weighted by Gasteiger charge is 2.33. The standard InChI is InChI=1S/C19H22N2O2/c20-18-8-15(14-6-7-14)11-21(19(18)22)16-9-17(10-16)23-12-13-4-2-1-3-5-13/h1-5,8,11,14,16-17H,6-7,9-10,12,20H2. The molecule has 4 rings (SSSR count). The van der Waals surface area contributed by atoms with Crippen LogP contribution >= 0.6 is 0 Å². The minimum atomic E-state index is -0.0547. The van der Waals surface area contributed by atoms with Crippen molar-refractivity contribution in [2.45, 2.75) is 50.4 Å². The molecule has 1 aromatic heterocycles. The van der Waals surface area contributed by atoms with Gasteiger partial charge >= 0.3 is 0 Å². The van der Waals surface area contributed by atoms with Crippen LogP contribution < -0.4 is 11.3 Å². The van der Waals surface area contributed by atoms with E-state index in [-0.39, 0.29) is 17.7 Å². The summed E-state index contributed by atoms with van der Waals surface area (Å²) < 4.78 is 7.77. The summed E-state index contributed by atoms with van der Waals surface area (Å²) in [6, 6.07) is 12.3. The van der Waals surface area contributed by atoms with Crippen molar-refractivity contribution in [3.63, 3.8) is 0 Å². The number of pyridine rings is 1. The quantitative estimate of drug-likeness (QED) is 0.922. The van der Waals surface area contributed by atoms with Crippen LogP contribution in [0.25, 0.3) is 0 Å². The first-order chi connectivity index (χ1) is 11.2. The van der Waals surface area contributed by atoms with Gasteiger partial charge in [0.2, 0.25) is 0 Å². The average molecular weight is 310 g/mol. The Hall–Kier alpha value is -2.07. The second-order valence-corrected chi connectivity index (χ2v) is 6.76. The normalized spacial score (nSPS) is 23.5. The molecule has 1 heterocycles. The number of ether oxygens (including phenoxy) is 1. The van der Waals surface area contributed by atoms with E-state index in [0.29, 0.717) is 18.2 Å². The molecule has 120 valence electrons. The van der Waals surface area contributed by atoms with Gasteiger partial charge < -0.3 is 15.0 Å². The number of hydrogen-bond donors (Lipinski definition) is 1. The molecular formula is C19H22N2O2. The summed E-state index contributed by atoms with van der Waals surface area (Å²) in [6.07, 6.45) is 6.46. The Morgan fingerprint density at radius 3 is 2.61 bits per heavy atom. The fraction of sp³-hybridized carbons (Fsp3) is 0.421. The zero-order chi connectivity index (χ0) is 15.8. The second-order valence-electron chi connectivity index (χ2n) is 6.76. The lowest BCUT2D eigenvalue weighted by Gasteiger charge is -2.36. The van der Waals surface area contributed by atoms with E-state index >= 15 is 0 Å². The molecule has 0 saturated heterocycles. The minimum Gasteiger partial charge on any atom is -0.394 e. The molecule has 2 fully saturated rings. The molecule has 0 spiro atoms. The summed E-state index contributed by atoms with van der Waals surface area (Å²) in [5.74, 6) is 0.606. The van der Waals surface area contributed by atoms with Gasteiger partial charge in [-0.1, -0.05) is 30.3 Å². The van der Waals surface area contributed by atoms with E-state index in [0.717, 1.165) is 12.8 Å². The van der Waals surface area contributed by atoms with Crippen LogP contribution in [0.15, 0.2) is 47.4 Å². The van der Waals surface area contributed by atoms with Crippen LogP contribution in [-0.2, 0) is 11.3 Å². The van der Waals surface area contributed by atoms with E-state index in [1.165, 1.54) is 24.0 Å². The predicted molar refractivity (Wildman–Crippen MR) is 90.4 cm³/mol. The Balaban J connectivity index is 1.39. The molecule has 23 heavy (non-hydrogen) atoms. The van der Waals surface area contributed by atoms with Crippen molar-refractivity contribution >= 4 is 5.69 Å². The van der Waals surface area contributed by atoms with Crippen LogP contribution in [0.2, 0.25) is 0 Å². The van der Waals surface area contributed by atoms with Crippen LogP contribution in [-0.4, -0.2) is 10.7 Å². The molecular weight excluding hydrogens is 288 g/mol. The monoisotopic (exact) mass is 310 g/mol. The Morgan fingerprint density at radius 2 is 1.91 bits per heavy atom. The summed E-state index contributed by atoms with van der Waals surface area (Å²) in [7, 11) is 0. The molecule has 4 heteroatoms. The predicted octanol–water partition coefficient (Wildman–Crippen LogP) is 3.23. The molecule has 2 aliphatic carbocycles. The van der Waals surface area contributed by atoms with Crippen LogP contribution in [0.5, 0.6) is 0 Å². The molecule has 2 saturated carbocycles. The smallest absolute Gasteiger partial charge is 0.273 e. The van der Waals surface area contributed by atoms with Gasteiger partial charge in [0.15, 0.2) is 0 Å². The Bertz CT molecular complexity index is 744. The summed E-state index contributed by atoms with van der Waals surface area (Å²) in [4.78, 5) is 12.3. The first-order valence-corrected chi connectivity index (χ1v) is 8.38. The van der Waals surface area contributed by atoms with Gasteiger partial charge in [-0.15, -0.1) is 0 Å². The van der Waals surface area contributed by atoms with Gasteiger partial charge in [0.05, 0.1) is 18.4 Å². The molecule has 1 aromatic carbocycles. The third kappa shape index (κ3) is 3.04. The summed E-state index contributed by atoms with van der Waals surface area (Å²) in [5.41, 5.74) is 8.64. The van der Waals surface area contributed by atoms with Crippen LogP contribution in [0.4, 0.5) is 5.69 Å². The molecule has 2 N–H and O–H groups in total. The molecule has 0 atom stereocenters. The van der Waals surface area contributed by atoms with E-state index in [1.54, 1.807) is 0 Å². The Kier molecular flexibility index (Phi) is 3.69. The summed E-state index contributed by atoms with van der Waals surface area (Å²) in [6.45, 7) is 0.636. The SMILES string of the molecule is Nc1cc(C2CC2)cn(C2CC(OCc3ccccc3)C2)c1=O. The van der Waals surface area contributed by atoms with Gasteiger partial charge in [0.25, 0.3) is 5.56 Å². The maximum Gasteiger partial charge on any atom is 0.273 e. The number of nitrogens with zero attached hydrogens (tertiary/aromatic N) is 1. The van der Waals surface area contributed by atoms with Crippen molar-refractivity contribution in [2.24, 2.45) is 0 Å². The number of nitrogens with two attached hydrogens (primary N) is 1. The average Bonchev–Trinajstić information content (AvgIpc) is 3.35. The van der Waals surface area contributed by atoms with Crippen molar-refractivity contribution < 1.29 is 4.74 Å². The van der Waals surface area contributed by atoms with E-state index in [9.17, 15) is 4.79 Å². The van der Waals surface area contributed by atoms with Crippen LogP contribution in [0.3, 0.4) is 0 Å². The van der Waals surface area contributed by atoms with E-state index in [4.69, 9.17) is 10.5 Å². The maximum atomic E-state index is 12.3. The van der Waals surface area contributed by atoms with Crippen molar-refractivity contribution in [1.82, 2.24) is 4.57 Å². The summed E-state index contributed by atoms with van der Waals surface area (Å²) >= 11 is 0. The molecule has 2 aliphatic rings. The van der Waals surface area contributed by atoms with Gasteiger partial charge in [0.1, 0.15) is 0 Å². The third-order valence-electron chi connectivity index (χ3n) is 4.93. The molecule has 0 unspecified atom stereocenters. The molecule has 4 nitrogen and oxygen atoms in total. The second kappa shape index (κ2) is 5.85. The molecule has 0 bridgehead atoms. The van der Waals surface area contributed by atoms with Gasteiger partial charge in [-0.3, -0.25) is 4.79 Å². The maximum absolute atomic E-state index is 12.3. The molecule has 0 amide bonds. The van der Waals surface area contributed by atoms with Gasteiger partial charge in [-0.2, -0.15) is 0 Å². The topological polar surface area (TPSA) is 57.2 Å². The van der Waals surface area contributed by atoms with E-state index in [2.05, 4.69) is 12.1 Å². The molecule has 0 radical (unpaired) electrons. The lowest BCUT2D eigenvalue weighted by Crippen LogP contribution is -2.38. The van der Waals surface area contributed by atoms with Crippen LogP contribution in [0.1, 0.15) is 48.8 Å². The van der Waals surface area contributed by atoms with Crippen LogP contribution in [0, 0.1) is 0 Å². The molecule has 0 aliphatic heterocycles. The van der Waals surface area contributed by atoms with Crippen molar-refractivity contribution in [1.29, 1.82) is 0 Å². The number of benzene rings is 1. The van der Waals surface area contributed by atoms with Crippen molar-refractivity contribution in [3.8, 4) is 0 Å². The first kappa shape index (κ1) is 14.5. The largest absolute Gasteiger partial charge is 0.394 e. The number of anilines is 1. The number of rotatable bonds is 5. The Morgan fingerprint density at radius 1 is 1.17 bits per heavy atom. The fourth-order valence-corrected chi connectivity index (χ4v) is 3.25. The van der Waals surface area contributed by atoms with Crippen molar-refractivity contribution in [3.05, 3.63) is 64.1 Å². The highest BCUT2D eigenvalue weighted by Crippen LogP contribution is 2.41. The first-order valence-electron chi connectivity index (χ1n) is 8.38. The lowest BCUT2D eigenvalue weighted by atomic mass is 9.88. The molecule has 2 aromatic rings.